The van der Waals surface area contributed by atoms with E-state index in [0.29, 0.717) is 5.82 Å². The lowest BCUT2D eigenvalue weighted by atomic mass is 10.1. The van der Waals surface area contributed by atoms with Crippen molar-refractivity contribution in [3.8, 4) is 34.0 Å². The molecule has 0 saturated carbocycles. The second-order valence-corrected chi connectivity index (χ2v) is 14.0. The number of hydrogen-bond donors (Lipinski definition) is 0. The van der Waals surface area contributed by atoms with E-state index >= 15 is 0 Å². The highest BCUT2D eigenvalue weighted by Crippen LogP contribution is 2.44. The van der Waals surface area contributed by atoms with E-state index in [1.807, 2.05) is 0 Å². The number of thiophene rings is 1. The molecule has 0 saturated heterocycles. The lowest BCUT2D eigenvalue weighted by molar-refractivity contribution is 1.14. The first-order valence-corrected chi connectivity index (χ1v) is 18.0. The molecule has 0 aliphatic heterocycles. The van der Waals surface area contributed by atoms with E-state index in [1.54, 1.807) is 11.3 Å². The molecule has 0 radical (unpaired) electrons. The molecule has 0 amide bonds. The summed E-state index contributed by atoms with van der Waals surface area (Å²) < 4.78 is 7.19. The molecule has 0 unspecified atom stereocenters. The molecule has 0 spiro atoms. The van der Waals surface area contributed by atoms with Crippen LogP contribution in [0.2, 0.25) is 0 Å². The summed E-state index contributed by atoms with van der Waals surface area (Å²) in [7, 11) is 0. The molecule has 0 fully saturated rings. The average molecular weight is 669 g/mol. The number of benzene rings is 7. The number of hydrogen-bond acceptors (Lipinski definition) is 3. The molecule has 0 atom stereocenters. The Balaban J connectivity index is 1.29. The van der Waals surface area contributed by atoms with Crippen molar-refractivity contribution in [2.24, 2.45) is 0 Å². The average Bonchev–Trinajstić information content (AvgIpc) is 3.86. The van der Waals surface area contributed by atoms with Crippen LogP contribution in [0.1, 0.15) is 0 Å². The zero-order valence-electron chi connectivity index (χ0n) is 27.4. The van der Waals surface area contributed by atoms with Crippen molar-refractivity contribution in [1.82, 2.24) is 19.1 Å². The molecular formula is C46H28N4S. The zero-order chi connectivity index (χ0) is 33.5. The van der Waals surface area contributed by atoms with Gasteiger partial charge >= 0.3 is 0 Å². The molecule has 4 aromatic heterocycles. The van der Waals surface area contributed by atoms with Gasteiger partial charge in [0.25, 0.3) is 0 Å². The first-order valence-electron chi connectivity index (χ1n) is 17.2. The fraction of sp³-hybridized carbons (Fsp3) is 0. The fourth-order valence-electron chi connectivity index (χ4n) is 7.96. The van der Waals surface area contributed by atoms with Crippen molar-refractivity contribution in [3.05, 3.63) is 170 Å². The predicted molar refractivity (Wildman–Crippen MR) is 214 cm³/mol. The molecular weight excluding hydrogens is 641 g/mol. The van der Waals surface area contributed by atoms with Crippen molar-refractivity contribution in [2.45, 2.75) is 0 Å². The van der Waals surface area contributed by atoms with Crippen LogP contribution in [0.4, 0.5) is 0 Å². The summed E-state index contributed by atoms with van der Waals surface area (Å²) in [4.78, 5) is 10.8. The van der Waals surface area contributed by atoms with Crippen molar-refractivity contribution in [1.29, 1.82) is 0 Å². The minimum Gasteiger partial charge on any atom is -0.307 e. The molecule has 11 rings (SSSR count). The maximum Gasteiger partial charge on any atom is 0.162 e. The van der Waals surface area contributed by atoms with E-state index in [0.717, 1.165) is 54.8 Å². The van der Waals surface area contributed by atoms with Crippen LogP contribution in [0, 0.1) is 0 Å². The van der Waals surface area contributed by atoms with Crippen LogP contribution in [0.15, 0.2) is 170 Å². The maximum absolute atomic E-state index is 5.41. The number of fused-ring (bicyclic) bond motifs is 10. The standard InChI is InChI=1S/C46H28N4S/c1-3-15-29(16-4-1)41-45-42(36-22-10-14-26-40(36)51-45)48-46(47-41)35-21-9-13-25-39(35)50-38-24-12-8-20-32(38)34-28-27-33-31-19-7-11-23-37(31)49(43(33)44(34)50)30-17-5-2-6-18-30/h1-28H. The highest BCUT2D eigenvalue weighted by molar-refractivity contribution is 7.26. The predicted octanol–water partition coefficient (Wildman–Crippen LogP) is 12.4. The molecule has 0 aliphatic rings. The van der Waals surface area contributed by atoms with Crippen LogP contribution in [-0.2, 0) is 0 Å². The Morgan fingerprint density at radius 2 is 1.00 bits per heavy atom. The summed E-state index contributed by atoms with van der Waals surface area (Å²) in [6, 6.07) is 60.5. The van der Waals surface area contributed by atoms with Crippen LogP contribution >= 0.6 is 11.3 Å². The minimum absolute atomic E-state index is 0.710. The lowest BCUT2D eigenvalue weighted by Crippen LogP contribution is -2.02. The van der Waals surface area contributed by atoms with Crippen molar-refractivity contribution >= 4 is 75.3 Å². The van der Waals surface area contributed by atoms with Crippen LogP contribution in [0.3, 0.4) is 0 Å². The van der Waals surface area contributed by atoms with Crippen molar-refractivity contribution < 1.29 is 0 Å². The number of nitrogens with zero attached hydrogens (tertiary/aromatic N) is 4. The van der Waals surface area contributed by atoms with Gasteiger partial charge in [0.2, 0.25) is 0 Å². The summed E-state index contributed by atoms with van der Waals surface area (Å²) in [5.74, 6) is 0.710. The van der Waals surface area contributed by atoms with Gasteiger partial charge in [0.15, 0.2) is 5.82 Å². The Morgan fingerprint density at radius 3 is 1.75 bits per heavy atom. The molecule has 4 nitrogen and oxygen atoms in total. The first kappa shape index (κ1) is 28.3. The zero-order valence-corrected chi connectivity index (χ0v) is 28.2. The van der Waals surface area contributed by atoms with Gasteiger partial charge in [-0.15, -0.1) is 11.3 Å². The first-order chi connectivity index (χ1) is 25.3. The quantitative estimate of drug-likeness (QED) is 0.187. The van der Waals surface area contributed by atoms with Gasteiger partial charge in [-0.3, -0.25) is 0 Å². The summed E-state index contributed by atoms with van der Waals surface area (Å²) >= 11 is 1.76. The Hall–Kier alpha value is -6.56. The summed E-state index contributed by atoms with van der Waals surface area (Å²) in [5.41, 5.74) is 10.8. The molecule has 0 aliphatic carbocycles. The van der Waals surface area contributed by atoms with Gasteiger partial charge in [-0.2, -0.15) is 0 Å². The van der Waals surface area contributed by atoms with Crippen LogP contribution < -0.4 is 0 Å². The monoisotopic (exact) mass is 668 g/mol. The van der Waals surface area contributed by atoms with Gasteiger partial charge in [-0.05, 0) is 42.5 Å². The largest absolute Gasteiger partial charge is 0.307 e. The van der Waals surface area contributed by atoms with E-state index in [1.165, 1.54) is 37.3 Å². The highest BCUT2D eigenvalue weighted by atomic mass is 32.1. The van der Waals surface area contributed by atoms with Gasteiger partial charge in [0.05, 0.1) is 43.7 Å². The second-order valence-electron chi connectivity index (χ2n) is 13.0. The summed E-state index contributed by atoms with van der Waals surface area (Å²) in [5, 5.41) is 6.02. The Kier molecular flexibility index (Phi) is 6.09. The molecule has 4 heterocycles. The van der Waals surface area contributed by atoms with E-state index in [2.05, 4.69) is 179 Å². The van der Waals surface area contributed by atoms with Gasteiger partial charge in [-0.1, -0.05) is 127 Å². The van der Waals surface area contributed by atoms with Gasteiger partial charge in [0, 0.05) is 48.4 Å². The normalized spacial score (nSPS) is 11.9. The van der Waals surface area contributed by atoms with E-state index in [4.69, 9.17) is 9.97 Å². The van der Waals surface area contributed by atoms with E-state index < -0.39 is 0 Å². The minimum atomic E-state index is 0.710. The van der Waals surface area contributed by atoms with E-state index in [-0.39, 0.29) is 0 Å². The third kappa shape index (κ3) is 4.13. The van der Waals surface area contributed by atoms with Gasteiger partial charge < -0.3 is 9.13 Å². The second kappa shape index (κ2) is 11.0. The molecule has 5 heteroatoms. The van der Waals surface area contributed by atoms with Crippen molar-refractivity contribution in [3.63, 3.8) is 0 Å². The Labute approximate surface area is 297 Å². The lowest BCUT2D eigenvalue weighted by Gasteiger charge is -2.16. The Bertz CT molecular complexity index is 3130. The molecule has 0 N–H and O–H groups in total. The smallest absolute Gasteiger partial charge is 0.162 e. The SMILES string of the molecule is c1ccc(-c2nc(-c3ccccc3-n3c4ccccc4c4ccc5c6ccccc6n(-c6ccccc6)c5c43)nc3c2sc2ccccc23)cc1. The molecule has 0 bridgehead atoms. The van der Waals surface area contributed by atoms with Crippen LogP contribution in [-0.4, -0.2) is 19.1 Å². The number of aromatic nitrogens is 4. The highest BCUT2D eigenvalue weighted by Gasteiger charge is 2.24. The van der Waals surface area contributed by atoms with Crippen molar-refractivity contribution in [2.75, 3.05) is 0 Å². The molecule has 51 heavy (non-hydrogen) atoms. The van der Waals surface area contributed by atoms with E-state index in [9.17, 15) is 0 Å². The topological polar surface area (TPSA) is 35.6 Å². The van der Waals surface area contributed by atoms with Crippen LogP contribution in [0.5, 0.6) is 0 Å². The Morgan fingerprint density at radius 1 is 0.431 bits per heavy atom. The summed E-state index contributed by atoms with van der Waals surface area (Å²) in [6.45, 7) is 0. The number of para-hydroxylation sites is 4. The molecule has 7 aromatic carbocycles. The molecule has 238 valence electrons. The van der Waals surface area contributed by atoms with Gasteiger partial charge in [0.1, 0.15) is 0 Å². The third-order valence-corrected chi connectivity index (χ3v) is 11.3. The van der Waals surface area contributed by atoms with Crippen LogP contribution in [0.25, 0.3) is 97.9 Å². The fourth-order valence-corrected chi connectivity index (χ4v) is 9.11. The number of rotatable bonds is 4. The summed E-state index contributed by atoms with van der Waals surface area (Å²) in [6.07, 6.45) is 0. The maximum atomic E-state index is 5.41. The molecule has 11 aromatic rings. The third-order valence-electron chi connectivity index (χ3n) is 10.1. The van der Waals surface area contributed by atoms with Gasteiger partial charge in [-0.25, -0.2) is 9.97 Å².